The summed E-state index contributed by atoms with van der Waals surface area (Å²) < 4.78 is 22.1. The molecule has 2 aliphatic rings. The number of aryl methyl sites for hydroxylation is 2. The Kier molecular flexibility index (Phi) is 7.48. The molecule has 9 nitrogen and oxygen atoms in total. The van der Waals surface area contributed by atoms with Crippen LogP contribution in [0.2, 0.25) is 10.0 Å². The Labute approximate surface area is 250 Å². The van der Waals surface area contributed by atoms with Crippen LogP contribution < -0.4 is 15.6 Å². The van der Waals surface area contributed by atoms with Crippen LogP contribution in [0.1, 0.15) is 33.9 Å². The topological polar surface area (TPSA) is 110 Å². The van der Waals surface area contributed by atoms with Crippen LogP contribution in [0.5, 0.6) is 5.88 Å². The Bertz CT molecular complexity index is 1790. The summed E-state index contributed by atoms with van der Waals surface area (Å²) in [5.74, 6) is -0.863. The largest absolute Gasteiger partial charge is 0.481 e. The van der Waals surface area contributed by atoms with Gasteiger partial charge in [-0.05, 0) is 42.7 Å². The van der Waals surface area contributed by atoms with Crippen molar-refractivity contribution in [2.24, 2.45) is 7.05 Å². The minimum Gasteiger partial charge on any atom is -0.481 e. The van der Waals surface area contributed by atoms with E-state index in [1.165, 1.54) is 31.4 Å². The van der Waals surface area contributed by atoms with Gasteiger partial charge in [-0.3, -0.25) is 14.5 Å². The van der Waals surface area contributed by atoms with Gasteiger partial charge in [0.25, 0.3) is 11.5 Å². The normalized spacial score (nSPS) is 16.7. The summed E-state index contributed by atoms with van der Waals surface area (Å²) in [6.45, 7) is 1.24. The number of halogens is 3. The number of aliphatic hydroxyl groups is 1. The average Bonchev–Trinajstić information content (AvgIpc) is 3.38. The maximum Gasteiger partial charge on any atom is 0.279 e. The van der Waals surface area contributed by atoms with Crippen molar-refractivity contribution in [1.29, 1.82) is 0 Å². The second kappa shape index (κ2) is 11.1. The molecule has 1 amide bonds. The van der Waals surface area contributed by atoms with Crippen LogP contribution in [-0.4, -0.2) is 57.0 Å². The quantitative estimate of drug-likeness (QED) is 0.320. The van der Waals surface area contributed by atoms with Gasteiger partial charge in [-0.15, -0.1) is 0 Å². The predicted octanol–water partition coefficient (Wildman–Crippen LogP) is 4.88. The monoisotopic (exact) mass is 609 g/mol. The van der Waals surface area contributed by atoms with Crippen molar-refractivity contribution in [1.82, 2.24) is 19.7 Å². The zero-order valence-corrected chi connectivity index (χ0v) is 24.2. The molecule has 0 unspecified atom stereocenters. The summed E-state index contributed by atoms with van der Waals surface area (Å²) in [5, 5.41) is 16.3. The summed E-state index contributed by atoms with van der Waals surface area (Å²) in [5.41, 5.74) is 2.91. The highest BCUT2D eigenvalue weighted by atomic mass is 35.5. The molecule has 0 bridgehead atoms. The van der Waals surface area contributed by atoms with Crippen LogP contribution in [-0.2, 0) is 13.5 Å². The number of benzene rings is 2. The predicted molar refractivity (Wildman–Crippen MR) is 158 cm³/mol. The van der Waals surface area contributed by atoms with Crippen LogP contribution in [0.25, 0.3) is 22.4 Å². The van der Waals surface area contributed by atoms with Crippen molar-refractivity contribution in [2.75, 3.05) is 25.5 Å². The Morgan fingerprint density at radius 1 is 1.14 bits per heavy atom. The van der Waals surface area contributed by atoms with Crippen molar-refractivity contribution >= 4 is 34.8 Å². The second-order valence-electron chi connectivity index (χ2n) is 10.3. The van der Waals surface area contributed by atoms with E-state index in [-0.39, 0.29) is 39.0 Å². The molecular formula is C30H26Cl2FN5O4. The molecule has 1 aliphatic carbocycles. The van der Waals surface area contributed by atoms with Crippen molar-refractivity contribution in [3.63, 3.8) is 0 Å². The maximum absolute atomic E-state index is 15.3. The van der Waals surface area contributed by atoms with Crippen molar-refractivity contribution in [2.45, 2.75) is 25.0 Å². The van der Waals surface area contributed by atoms with Gasteiger partial charge < -0.3 is 15.2 Å². The zero-order chi connectivity index (χ0) is 29.7. The number of fused-ring (bicyclic) bond motifs is 1. The lowest BCUT2D eigenvalue weighted by atomic mass is 9.98. The number of ether oxygens (including phenoxy) is 1. The number of rotatable bonds is 6. The summed E-state index contributed by atoms with van der Waals surface area (Å²) in [4.78, 5) is 32.2. The number of nitrogens with zero attached hydrogens (tertiary/aromatic N) is 4. The van der Waals surface area contributed by atoms with Crippen molar-refractivity contribution in [3.8, 4) is 28.3 Å². The first kappa shape index (κ1) is 28.3. The fraction of sp³-hybridized carbons (Fsp3) is 0.267. The number of aliphatic hydroxyl groups excluding tert-OH is 1. The number of β-amino-alcohol motifs (C(OH)–C–C–N with tert-alkyl or cyclic N) is 1. The Hall–Kier alpha value is -3.83. The second-order valence-corrected chi connectivity index (χ2v) is 11.1. The van der Waals surface area contributed by atoms with Crippen molar-refractivity contribution in [3.05, 3.63) is 91.6 Å². The lowest BCUT2D eigenvalue weighted by molar-refractivity contribution is -0.0256. The molecule has 12 heteroatoms. The minimum atomic E-state index is -0.710. The molecule has 2 N–H and O–H groups in total. The number of amides is 1. The summed E-state index contributed by atoms with van der Waals surface area (Å²) >= 11 is 13.6. The highest BCUT2D eigenvalue weighted by Crippen LogP contribution is 2.46. The number of anilines is 1. The SMILES string of the molecule is COc1nc(-c2cccc(-c3c(F)ccc(NC(=O)c4ccnn(C)c4=O)c3Cl)c2Cl)cc2c1[C@@H](N1CC(O)C1)CC2. The molecule has 3 heterocycles. The average molecular weight is 610 g/mol. The summed E-state index contributed by atoms with van der Waals surface area (Å²) in [6.07, 6.45) is 2.73. The molecule has 0 saturated carbocycles. The van der Waals surface area contributed by atoms with E-state index in [0.717, 1.165) is 28.7 Å². The number of aromatic nitrogens is 3. The number of likely N-dealkylation sites (tertiary alicyclic amines) is 1. The molecule has 0 spiro atoms. The lowest BCUT2D eigenvalue weighted by Gasteiger charge is -2.40. The summed E-state index contributed by atoms with van der Waals surface area (Å²) in [7, 11) is 3.00. The molecule has 1 aliphatic heterocycles. The number of carbonyl (C=O) groups excluding carboxylic acids is 1. The van der Waals surface area contributed by atoms with E-state index in [9.17, 15) is 14.7 Å². The Morgan fingerprint density at radius 2 is 1.90 bits per heavy atom. The highest BCUT2D eigenvalue weighted by molar-refractivity contribution is 6.39. The van der Waals surface area contributed by atoms with E-state index >= 15 is 4.39 Å². The molecule has 0 radical (unpaired) electrons. The first-order chi connectivity index (χ1) is 20.2. The van der Waals surface area contributed by atoms with Crippen LogP contribution in [0, 0.1) is 5.82 Å². The van der Waals surface area contributed by atoms with Crippen LogP contribution in [0.4, 0.5) is 10.1 Å². The third-order valence-corrected chi connectivity index (χ3v) is 8.59. The third kappa shape index (κ3) is 4.84. The fourth-order valence-corrected chi connectivity index (χ4v) is 6.29. The Morgan fingerprint density at radius 3 is 2.64 bits per heavy atom. The van der Waals surface area contributed by atoms with Crippen LogP contribution >= 0.6 is 23.2 Å². The third-order valence-electron chi connectivity index (χ3n) is 7.79. The van der Waals surface area contributed by atoms with Gasteiger partial charge in [-0.1, -0.05) is 41.4 Å². The van der Waals surface area contributed by atoms with Crippen LogP contribution in [0.15, 0.2) is 53.5 Å². The van der Waals surface area contributed by atoms with E-state index in [4.69, 9.17) is 32.9 Å². The first-order valence-electron chi connectivity index (χ1n) is 13.3. The molecule has 2 aromatic carbocycles. The summed E-state index contributed by atoms with van der Waals surface area (Å²) in [6, 6.07) is 11.0. The number of hydrogen-bond donors (Lipinski definition) is 2. The molecular weight excluding hydrogens is 584 g/mol. The smallest absolute Gasteiger partial charge is 0.279 e. The zero-order valence-electron chi connectivity index (χ0n) is 22.7. The molecule has 1 fully saturated rings. The number of nitrogens with one attached hydrogen (secondary N) is 1. The maximum atomic E-state index is 15.3. The molecule has 216 valence electrons. The van der Waals surface area contributed by atoms with Gasteiger partial charge >= 0.3 is 0 Å². The van der Waals surface area contributed by atoms with Crippen molar-refractivity contribution < 1.29 is 19.0 Å². The van der Waals surface area contributed by atoms with Gasteiger partial charge in [0.1, 0.15) is 11.4 Å². The minimum absolute atomic E-state index is 0.00604. The standard InChI is InChI=1S/C30H26Cl2FN5O4/c1-37-30(41)19(10-11-34-37)28(40)35-21-8-7-20(33)25(27(21)32)18-5-3-4-17(26(18)31)22-12-15-6-9-23(38-13-16(39)14-38)24(15)29(36-22)42-2/h3-5,7-8,10-12,16,23,39H,6,9,13-14H2,1-2H3,(H,35,40)/t23-/m0/s1. The molecule has 2 aromatic heterocycles. The van der Waals surface area contributed by atoms with E-state index in [1.54, 1.807) is 25.3 Å². The van der Waals surface area contributed by atoms with Crippen LogP contribution in [0.3, 0.4) is 0 Å². The van der Waals surface area contributed by atoms with Gasteiger partial charge in [0, 0.05) is 54.6 Å². The molecule has 1 atom stereocenters. The molecule has 4 aromatic rings. The highest BCUT2D eigenvalue weighted by Gasteiger charge is 2.38. The molecule has 42 heavy (non-hydrogen) atoms. The number of carbonyl (C=O) groups is 1. The Balaban J connectivity index is 1.37. The van der Waals surface area contributed by atoms with Gasteiger partial charge in [0.2, 0.25) is 5.88 Å². The lowest BCUT2D eigenvalue weighted by Crippen LogP contribution is -2.51. The van der Waals surface area contributed by atoms with Gasteiger partial charge in [-0.25, -0.2) is 14.1 Å². The molecule has 1 saturated heterocycles. The van der Waals surface area contributed by atoms with E-state index in [1.807, 2.05) is 6.07 Å². The number of hydrogen-bond acceptors (Lipinski definition) is 7. The van der Waals surface area contributed by atoms with Gasteiger partial charge in [-0.2, -0.15) is 5.10 Å². The van der Waals surface area contributed by atoms with Gasteiger partial charge in [0.15, 0.2) is 0 Å². The van der Waals surface area contributed by atoms with Gasteiger partial charge in [0.05, 0.1) is 34.6 Å². The first-order valence-corrected chi connectivity index (χ1v) is 14.0. The number of pyridine rings is 1. The van der Waals surface area contributed by atoms with E-state index < -0.39 is 17.3 Å². The molecule has 6 rings (SSSR count). The number of methoxy groups -OCH3 is 1. The van der Waals surface area contributed by atoms with E-state index in [2.05, 4.69) is 15.3 Å². The fourth-order valence-electron chi connectivity index (χ4n) is 5.67. The van der Waals surface area contributed by atoms with E-state index in [0.29, 0.717) is 35.8 Å².